The van der Waals surface area contributed by atoms with Crippen LogP contribution in [0.5, 0.6) is 0 Å². The maximum Gasteiger partial charge on any atom is 1.00 e. The number of nitrogen functional groups attached to an aromatic ring is 1. The van der Waals surface area contributed by atoms with Gasteiger partial charge in [-0.25, -0.2) is 0 Å². The molecule has 9 heteroatoms. The molecule has 1 aliphatic rings. The third kappa shape index (κ3) is 3.68. The standard InChI is InChI=1S/C21H16N2O5S.Na/c1-11-6-8-12(9-7-11)23-15-10-16(29(26,27)28)19(22)18-17(15)20(24)13-4-2-3-5-14(13)21(18)25;/h2-10,23H,22H2,1H3,(H,26,27,28);/q;+1. The van der Waals surface area contributed by atoms with Crippen molar-refractivity contribution in [3.05, 3.63) is 82.4 Å². The molecule has 3 aromatic rings. The van der Waals surface area contributed by atoms with E-state index in [1.54, 1.807) is 24.3 Å². The van der Waals surface area contributed by atoms with Gasteiger partial charge in [-0.3, -0.25) is 14.1 Å². The predicted molar refractivity (Wildman–Crippen MR) is 108 cm³/mol. The summed E-state index contributed by atoms with van der Waals surface area (Å²) in [5, 5.41) is 2.98. The van der Waals surface area contributed by atoms with E-state index in [2.05, 4.69) is 5.32 Å². The first kappa shape index (κ1) is 22.2. The van der Waals surface area contributed by atoms with Crippen molar-refractivity contribution < 1.29 is 52.1 Å². The molecule has 0 atom stereocenters. The minimum atomic E-state index is -4.74. The maximum atomic E-state index is 13.2. The number of rotatable bonds is 3. The van der Waals surface area contributed by atoms with Gasteiger partial charge in [0.2, 0.25) is 0 Å². The smallest absolute Gasteiger partial charge is 0.397 e. The quantitative estimate of drug-likeness (QED) is 0.243. The molecule has 4 rings (SSSR count). The van der Waals surface area contributed by atoms with Crippen molar-refractivity contribution in [3.8, 4) is 0 Å². The van der Waals surface area contributed by atoms with Crippen molar-refractivity contribution in [2.45, 2.75) is 11.8 Å². The summed E-state index contributed by atoms with van der Waals surface area (Å²) in [5.74, 6) is -1.04. The monoisotopic (exact) mass is 431 g/mol. The molecular weight excluding hydrogens is 415 g/mol. The van der Waals surface area contributed by atoms with Crippen molar-refractivity contribution in [1.82, 2.24) is 0 Å². The molecule has 146 valence electrons. The fourth-order valence-electron chi connectivity index (χ4n) is 3.40. The Morgan fingerprint density at radius 2 is 1.43 bits per heavy atom. The van der Waals surface area contributed by atoms with E-state index in [1.807, 2.05) is 19.1 Å². The van der Waals surface area contributed by atoms with Crippen LogP contribution in [0.15, 0.2) is 59.5 Å². The Labute approximate surface area is 195 Å². The predicted octanol–water partition coefficient (Wildman–Crippen LogP) is 0.347. The Hall–Kier alpha value is -2.49. The van der Waals surface area contributed by atoms with Crippen LogP contribution in [0.4, 0.5) is 17.1 Å². The van der Waals surface area contributed by atoms with E-state index in [1.165, 1.54) is 12.1 Å². The minimum absolute atomic E-state index is 0. The molecule has 0 unspecified atom stereocenters. The molecule has 0 saturated carbocycles. The van der Waals surface area contributed by atoms with Crippen LogP contribution in [0.3, 0.4) is 0 Å². The van der Waals surface area contributed by atoms with Crippen LogP contribution in [0, 0.1) is 6.92 Å². The van der Waals surface area contributed by atoms with E-state index in [-0.39, 0.29) is 57.5 Å². The fraction of sp³-hybridized carbons (Fsp3) is 0.0476. The molecule has 4 N–H and O–H groups in total. The molecule has 0 aromatic heterocycles. The second-order valence-corrected chi connectivity index (χ2v) is 8.15. The maximum absolute atomic E-state index is 13.2. The molecule has 0 radical (unpaired) electrons. The number of fused-ring (bicyclic) bond motifs is 2. The summed E-state index contributed by atoms with van der Waals surface area (Å²) in [6.45, 7) is 1.91. The number of anilines is 3. The number of nitrogens with two attached hydrogens (primary N) is 1. The fourth-order valence-corrected chi connectivity index (χ4v) is 4.04. The topological polar surface area (TPSA) is 127 Å². The first-order valence-electron chi connectivity index (χ1n) is 8.64. The van der Waals surface area contributed by atoms with Crippen molar-refractivity contribution in [3.63, 3.8) is 0 Å². The van der Waals surface area contributed by atoms with E-state index in [0.29, 0.717) is 5.69 Å². The zero-order chi connectivity index (χ0) is 20.9. The zero-order valence-corrected chi connectivity index (χ0v) is 19.1. The molecule has 3 aromatic carbocycles. The first-order valence-corrected chi connectivity index (χ1v) is 10.1. The number of hydrogen-bond donors (Lipinski definition) is 3. The number of carbonyl (C=O) groups is 2. The van der Waals surface area contributed by atoms with Gasteiger partial charge in [0.15, 0.2) is 11.6 Å². The van der Waals surface area contributed by atoms with Crippen LogP contribution in [-0.2, 0) is 10.1 Å². The van der Waals surface area contributed by atoms with Crippen LogP contribution in [0.2, 0.25) is 0 Å². The molecule has 0 spiro atoms. The molecule has 0 saturated heterocycles. The van der Waals surface area contributed by atoms with Crippen molar-refractivity contribution in [2.75, 3.05) is 11.1 Å². The third-order valence-corrected chi connectivity index (χ3v) is 5.70. The average Bonchev–Trinajstić information content (AvgIpc) is 2.68. The molecule has 0 bridgehead atoms. The zero-order valence-electron chi connectivity index (χ0n) is 16.3. The van der Waals surface area contributed by atoms with Gasteiger partial charge >= 0.3 is 29.6 Å². The minimum Gasteiger partial charge on any atom is -0.397 e. The number of ketones is 2. The van der Waals surface area contributed by atoms with E-state index in [4.69, 9.17) is 5.73 Å². The summed E-state index contributed by atoms with van der Waals surface area (Å²) in [6, 6.07) is 14.5. The van der Waals surface area contributed by atoms with E-state index >= 15 is 0 Å². The van der Waals surface area contributed by atoms with Gasteiger partial charge in [0.25, 0.3) is 10.1 Å². The summed E-state index contributed by atoms with van der Waals surface area (Å²) in [4.78, 5) is 25.6. The molecule has 0 fully saturated rings. The third-order valence-electron chi connectivity index (χ3n) is 4.81. The van der Waals surface area contributed by atoms with Crippen LogP contribution in [0.25, 0.3) is 0 Å². The van der Waals surface area contributed by atoms with Crippen LogP contribution < -0.4 is 40.6 Å². The van der Waals surface area contributed by atoms with Gasteiger partial charge in [-0.2, -0.15) is 8.42 Å². The molecule has 7 nitrogen and oxygen atoms in total. The van der Waals surface area contributed by atoms with Gasteiger partial charge in [-0.15, -0.1) is 0 Å². The van der Waals surface area contributed by atoms with Crippen LogP contribution >= 0.6 is 0 Å². The number of hydrogen-bond acceptors (Lipinski definition) is 6. The average molecular weight is 431 g/mol. The van der Waals surface area contributed by atoms with Gasteiger partial charge in [0.05, 0.1) is 22.5 Å². The molecular formula is C21H16N2NaO5S+. The number of aryl methyl sites for hydroxylation is 1. The van der Waals surface area contributed by atoms with Gasteiger partial charge in [-0.05, 0) is 25.1 Å². The van der Waals surface area contributed by atoms with Gasteiger partial charge in [0.1, 0.15) is 4.90 Å². The normalized spacial score (nSPS) is 12.6. The van der Waals surface area contributed by atoms with Crippen LogP contribution in [-0.4, -0.2) is 24.5 Å². The SMILES string of the molecule is Cc1ccc(Nc2cc(S(=O)(=O)O)c(N)c3c2C(=O)c2ccccc2C3=O)cc1.[Na+]. The second-order valence-electron chi connectivity index (χ2n) is 6.76. The molecule has 0 heterocycles. The van der Waals surface area contributed by atoms with E-state index in [9.17, 15) is 22.6 Å². The van der Waals surface area contributed by atoms with Gasteiger partial charge in [0, 0.05) is 16.8 Å². The Kier molecular flexibility index (Phi) is 5.90. The van der Waals surface area contributed by atoms with Crippen LogP contribution in [0.1, 0.15) is 37.4 Å². The first-order chi connectivity index (χ1) is 13.7. The molecule has 1 aliphatic carbocycles. The van der Waals surface area contributed by atoms with Crippen molar-refractivity contribution in [2.24, 2.45) is 0 Å². The van der Waals surface area contributed by atoms with Crippen molar-refractivity contribution in [1.29, 1.82) is 0 Å². The van der Waals surface area contributed by atoms with Gasteiger partial charge in [-0.1, -0.05) is 42.0 Å². The summed E-state index contributed by atoms with van der Waals surface area (Å²) < 4.78 is 33.4. The van der Waals surface area contributed by atoms with Crippen molar-refractivity contribution >= 4 is 38.7 Å². The molecule has 0 amide bonds. The Morgan fingerprint density at radius 1 is 0.900 bits per heavy atom. The van der Waals surface area contributed by atoms with Gasteiger partial charge < -0.3 is 11.1 Å². The number of nitrogens with one attached hydrogen (secondary N) is 1. The summed E-state index contributed by atoms with van der Waals surface area (Å²) >= 11 is 0. The Balaban J connectivity index is 0.00000256. The Morgan fingerprint density at radius 3 is 1.97 bits per heavy atom. The second kappa shape index (κ2) is 7.98. The Bertz CT molecular complexity index is 1300. The number of benzene rings is 3. The molecule has 0 aliphatic heterocycles. The summed E-state index contributed by atoms with van der Waals surface area (Å²) in [6.07, 6.45) is 0. The summed E-state index contributed by atoms with van der Waals surface area (Å²) in [7, 11) is -4.74. The largest absolute Gasteiger partial charge is 1.00 e. The molecule has 30 heavy (non-hydrogen) atoms. The van der Waals surface area contributed by atoms with E-state index < -0.39 is 32.3 Å². The number of carbonyl (C=O) groups excluding carboxylic acids is 2. The van der Waals surface area contributed by atoms with E-state index in [0.717, 1.165) is 11.6 Å². The summed E-state index contributed by atoms with van der Waals surface area (Å²) in [5.41, 5.74) is 7.21.